The number of nitrogens with zero attached hydrogens (tertiary/aromatic N) is 1. The molecule has 0 unspecified atom stereocenters. The van der Waals surface area contributed by atoms with Gasteiger partial charge in [-0.15, -0.1) is 0 Å². The minimum atomic E-state index is -0.169. The molecule has 0 aliphatic heterocycles. The number of aryl methyl sites for hydroxylation is 1. The number of fused-ring (bicyclic) bond motifs is 1. The molecule has 1 aliphatic carbocycles. The first-order chi connectivity index (χ1) is 8.24. The highest BCUT2D eigenvalue weighted by Crippen LogP contribution is 2.23. The van der Waals surface area contributed by atoms with Crippen LogP contribution in [0.4, 0.5) is 4.39 Å². The zero-order valence-electron chi connectivity index (χ0n) is 10.0. The van der Waals surface area contributed by atoms with E-state index in [0.29, 0.717) is 6.04 Å². The van der Waals surface area contributed by atoms with Crippen LogP contribution in [0.15, 0.2) is 24.4 Å². The predicted molar refractivity (Wildman–Crippen MR) is 67.4 cm³/mol. The van der Waals surface area contributed by atoms with Crippen LogP contribution in [0.3, 0.4) is 0 Å². The van der Waals surface area contributed by atoms with Crippen LogP contribution < -0.4 is 5.32 Å². The Hall–Kier alpha value is -1.35. The third-order valence-corrected chi connectivity index (χ3v) is 3.72. The van der Waals surface area contributed by atoms with Gasteiger partial charge in [0.05, 0.1) is 5.52 Å². The summed E-state index contributed by atoms with van der Waals surface area (Å²) in [7, 11) is 1.97. The molecule has 1 aromatic heterocycles. The van der Waals surface area contributed by atoms with Crippen LogP contribution in [-0.2, 0) is 13.6 Å². The van der Waals surface area contributed by atoms with Crippen LogP contribution in [0.5, 0.6) is 0 Å². The molecule has 0 spiro atoms. The Balaban J connectivity index is 1.88. The summed E-state index contributed by atoms with van der Waals surface area (Å²) in [5.41, 5.74) is 2.23. The second kappa shape index (κ2) is 4.15. The fourth-order valence-corrected chi connectivity index (χ4v) is 2.45. The van der Waals surface area contributed by atoms with E-state index in [2.05, 4.69) is 11.5 Å². The van der Waals surface area contributed by atoms with Crippen molar-refractivity contribution in [2.24, 2.45) is 7.05 Å². The van der Waals surface area contributed by atoms with Crippen molar-refractivity contribution in [2.45, 2.75) is 31.8 Å². The lowest BCUT2D eigenvalue weighted by Gasteiger charge is -2.26. The fourth-order valence-electron chi connectivity index (χ4n) is 2.45. The number of halogens is 1. The van der Waals surface area contributed by atoms with Crippen molar-refractivity contribution >= 4 is 10.9 Å². The van der Waals surface area contributed by atoms with Crippen LogP contribution in [0.2, 0.25) is 0 Å². The highest BCUT2D eigenvalue weighted by atomic mass is 19.1. The van der Waals surface area contributed by atoms with Gasteiger partial charge in [0.25, 0.3) is 0 Å². The van der Waals surface area contributed by atoms with E-state index in [4.69, 9.17) is 0 Å². The van der Waals surface area contributed by atoms with Gasteiger partial charge in [0.1, 0.15) is 5.82 Å². The van der Waals surface area contributed by atoms with Crippen LogP contribution in [0, 0.1) is 5.82 Å². The van der Waals surface area contributed by atoms with Gasteiger partial charge in [0, 0.05) is 31.2 Å². The first kappa shape index (κ1) is 10.8. The number of rotatable bonds is 3. The van der Waals surface area contributed by atoms with Crippen LogP contribution in [-0.4, -0.2) is 10.6 Å². The SMILES string of the molecule is Cn1cc(CNC2CCC2)c2ccc(F)cc21. The fraction of sp³-hybridized carbons (Fsp3) is 0.429. The van der Waals surface area contributed by atoms with E-state index in [0.717, 1.165) is 17.4 Å². The molecule has 90 valence electrons. The smallest absolute Gasteiger partial charge is 0.125 e. The van der Waals surface area contributed by atoms with Crippen molar-refractivity contribution in [1.82, 2.24) is 9.88 Å². The van der Waals surface area contributed by atoms with Crippen molar-refractivity contribution in [3.8, 4) is 0 Å². The molecule has 17 heavy (non-hydrogen) atoms. The molecule has 0 radical (unpaired) electrons. The Kier molecular flexibility index (Phi) is 2.63. The van der Waals surface area contributed by atoms with E-state index < -0.39 is 0 Å². The molecule has 1 heterocycles. The summed E-state index contributed by atoms with van der Waals surface area (Å²) in [5.74, 6) is -0.169. The maximum absolute atomic E-state index is 13.2. The van der Waals surface area contributed by atoms with E-state index in [1.54, 1.807) is 6.07 Å². The molecule has 1 saturated carbocycles. The van der Waals surface area contributed by atoms with E-state index in [1.807, 2.05) is 17.7 Å². The summed E-state index contributed by atoms with van der Waals surface area (Å²) in [6, 6.07) is 5.70. The van der Waals surface area contributed by atoms with Crippen molar-refractivity contribution in [1.29, 1.82) is 0 Å². The molecule has 1 aliphatic rings. The molecular weight excluding hydrogens is 215 g/mol. The lowest BCUT2D eigenvalue weighted by molar-refractivity contribution is 0.338. The molecule has 2 nitrogen and oxygen atoms in total. The molecule has 2 aromatic rings. The van der Waals surface area contributed by atoms with Crippen molar-refractivity contribution in [3.05, 3.63) is 35.8 Å². The zero-order valence-corrected chi connectivity index (χ0v) is 10.0. The molecule has 3 heteroatoms. The molecule has 0 atom stereocenters. The summed E-state index contributed by atoms with van der Waals surface area (Å²) in [6.07, 6.45) is 6.02. The van der Waals surface area contributed by atoms with Gasteiger partial charge in [-0.3, -0.25) is 0 Å². The molecule has 0 amide bonds. The van der Waals surface area contributed by atoms with Gasteiger partial charge in [-0.25, -0.2) is 4.39 Å². The molecule has 1 fully saturated rings. The number of hydrogen-bond acceptors (Lipinski definition) is 1. The normalized spacial score (nSPS) is 16.4. The zero-order chi connectivity index (χ0) is 11.8. The average molecular weight is 232 g/mol. The van der Waals surface area contributed by atoms with E-state index in [-0.39, 0.29) is 5.82 Å². The Labute approximate surface area is 100 Å². The minimum Gasteiger partial charge on any atom is -0.350 e. The highest BCUT2D eigenvalue weighted by molar-refractivity contribution is 5.83. The van der Waals surface area contributed by atoms with Gasteiger partial charge < -0.3 is 9.88 Å². The largest absolute Gasteiger partial charge is 0.350 e. The first-order valence-corrected chi connectivity index (χ1v) is 6.21. The van der Waals surface area contributed by atoms with Crippen LogP contribution >= 0.6 is 0 Å². The molecule has 1 aromatic carbocycles. The summed E-state index contributed by atoms with van der Waals surface area (Å²) >= 11 is 0. The maximum atomic E-state index is 13.2. The Morgan fingerprint density at radius 2 is 2.24 bits per heavy atom. The number of aromatic nitrogens is 1. The van der Waals surface area contributed by atoms with Gasteiger partial charge in [0.15, 0.2) is 0 Å². The Bertz CT molecular complexity index is 540. The lowest BCUT2D eigenvalue weighted by atomic mass is 9.93. The third kappa shape index (κ3) is 1.95. The summed E-state index contributed by atoms with van der Waals surface area (Å²) in [5, 5.41) is 4.70. The summed E-state index contributed by atoms with van der Waals surface area (Å²) in [4.78, 5) is 0. The van der Waals surface area contributed by atoms with Crippen LogP contribution in [0.1, 0.15) is 24.8 Å². The minimum absolute atomic E-state index is 0.169. The van der Waals surface area contributed by atoms with E-state index >= 15 is 0 Å². The van der Waals surface area contributed by atoms with Gasteiger partial charge in [0.2, 0.25) is 0 Å². The molecule has 3 rings (SSSR count). The number of nitrogens with one attached hydrogen (secondary N) is 1. The molecule has 0 saturated heterocycles. The van der Waals surface area contributed by atoms with Crippen LogP contribution in [0.25, 0.3) is 10.9 Å². The lowest BCUT2D eigenvalue weighted by Crippen LogP contribution is -2.34. The molecule has 0 bridgehead atoms. The average Bonchev–Trinajstić information content (AvgIpc) is 2.54. The maximum Gasteiger partial charge on any atom is 0.125 e. The third-order valence-electron chi connectivity index (χ3n) is 3.72. The van der Waals surface area contributed by atoms with Crippen molar-refractivity contribution in [3.63, 3.8) is 0 Å². The molecule has 1 N–H and O–H groups in total. The highest BCUT2D eigenvalue weighted by Gasteiger charge is 2.17. The van der Waals surface area contributed by atoms with Crippen molar-refractivity contribution < 1.29 is 4.39 Å². The monoisotopic (exact) mass is 232 g/mol. The second-order valence-electron chi connectivity index (χ2n) is 4.94. The first-order valence-electron chi connectivity index (χ1n) is 6.21. The number of hydrogen-bond donors (Lipinski definition) is 1. The number of benzene rings is 1. The van der Waals surface area contributed by atoms with E-state index in [1.165, 1.54) is 30.9 Å². The van der Waals surface area contributed by atoms with Gasteiger partial charge in [-0.05, 0) is 36.6 Å². The topological polar surface area (TPSA) is 17.0 Å². The van der Waals surface area contributed by atoms with Crippen molar-refractivity contribution in [2.75, 3.05) is 0 Å². The van der Waals surface area contributed by atoms with E-state index in [9.17, 15) is 4.39 Å². The predicted octanol–water partition coefficient (Wildman–Crippen LogP) is 2.96. The standard InChI is InChI=1S/C14H17FN2/c1-17-9-10(8-16-12-3-2-4-12)13-6-5-11(15)7-14(13)17/h5-7,9,12,16H,2-4,8H2,1H3. The second-order valence-corrected chi connectivity index (χ2v) is 4.94. The van der Waals surface area contributed by atoms with Gasteiger partial charge in [-0.2, -0.15) is 0 Å². The quantitative estimate of drug-likeness (QED) is 0.861. The summed E-state index contributed by atoms with van der Waals surface area (Å²) < 4.78 is 15.2. The summed E-state index contributed by atoms with van der Waals surface area (Å²) in [6.45, 7) is 0.883. The Morgan fingerprint density at radius 3 is 2.94 bits per heavy atom. The molecular formula is C14H17FN2. The van der Waals surface area contributed by atoms with Gasteiger partial charge >= 0.3 is 0 Å². The van der Waals surface area contributed by atoms with Gasteiger partial charge in [-0.1, -0.05) is 6.42 Å². The Morgan fingerprint density at radius 1 is 1.41 bits per heavy atom.